The van der Waals surface area contributed by atoms with Crippen molar-refractivity contribution in [3.8, 4) is 0 Å². The highest BCUT2D eigenvalue weighted by Gasteiger charge is 2.42. The molecule has 0 spiro atoms. The number of hydrogen-bond donors (Lipinski definition) is 1. The monoisotopic (exact) mass is 417 g/mol. The number of para-hydroxylation sites is 1. The summed E-state index contributed by atoms with van der Waals surface area (Å²) in [6.07, 6.45) is 0.516. The number of Topliss-reactive ketones (excluding diaryl/α,β-unsaturated/α-hetero) is 1. The third kappa shape index (κ3) is 3.13. The van der Waals surface area contributed by atoms with E-state index in [0.717, 1.165) is 27.7 Å². The van der Waals surface area contributed by atoms with Gasteiger partial charge in [-0.05, 0) is 17.2 Å². The van der Waals surface area contributed by atoms with Crippen LogP contribution in [0.1, 0.15) is 27.2 Å². The van der Waals surface area contributed by atoms with Gasteiger partial charge < -0.3 is 19.5 Å². The third-order valence-electron chi connectivity index (χ3n) is 6.40. The second-order valence-corrected chi connectivity index (χ2v) is 8.24. The summed E-state index contributed by atoms with van der Waals surface area (Å²) < 4.78 is 2.21. The molecule has 2 aromatic carbocycles. The number of aliphatic hydroxyl groups is 1. The molecule has 0 aliphatic carbocycles. The minimum absolute atomic E-state index is 0.00813. The van der Waals surface area contributed by atoms with Crippen LogP contribution in [0.15, 0.2) is 48.5 Å². The normalized spacial score (nSPS) is 18.3. The van der Waals surface area contributed by atoms with Crippen molar-refractivity contribution in [1.82, 2.24) is 14.4 Å². The number of benzene rings is 2. The van der Waals surface area contributed by atoms with Crippen molar-refractivity contribution in [1.29, 1.82) is 0 Å². The molecule has 7 heteroatoms. The Morgan fingerprint density at radius 1 is 1.06 bits per heavy atom. The molecular formula is C24H23N3O4. The lowest BCUT2D eigenvalue weighted by molar-refractivity contribution is -0.155. The number of hydrogen-bond acceptors (Lipinski definition) is 4. The molecule has 5 rings (SSSR count). The lowest BCUT2D eigenvalue weighted by Crippen LogP contribution is -2.60. The van der Waals surface area contributed by atoms with E-state index in [0.29, 0.717) is 25.1 Å². The molecule has 1 unspecified atom stereocenters. The van der Waals surface area contributed by atoms with Gasteiger partial charge in [-0.1, -0.05) is 42.5 Å². The summed E-state index contributed by atoms with van der Waals surface area (Å²) >= 11 is 0. The van der Waals surface area contributed by atoms with E-state index in [4.69, 9.17) is 5.11 Å². The fourth-order valence-corrected chi connectivity index (χ4v) is 4.77. The van der Waals surface area contributed by atoms with Crippen molar-refractivity contribution < 1.29 is 19.5 Å². The molecular weight excluding hydrogens is 394 g/mol. The van der Waals surface area contributed by atoms with E-state index in [2.05, 4.69) is 16.7 Å². The molecule has 1 saturated heterocycles. The highest BCUT2D eigenvalue weighted by atomic mass is 16.3. The number of nitrogens with zero attached hydrogens (tertiary/aromatic N) is 3. The molecule has 0 bridgehead atoms. The Balaban J connectivity index is 1.56. The first-order chi connectivity index (χ1) is 15.0. The Morgan fingerprint density at radius 3 is 2.55 bits per heavy atom. The van der Waals surface area contributed by atoms with E-state index in [-0.39, 0.29) is 24.1 Å². The molecule has 2 aliphatic rings. The molecule has 0 saturated carbocycles. The number of aliphatic hydroxyl groups excluding tert-OH is 1. The molecule has 2 amide bonds. The minimum Gasteiger partial charge on any atom is -0.388 e. The number of carbonyl (C=O) groups is 3. The van der Waals surface area contributed by atoms with E-state index >= 15 is 0 Å². The molecule has 7 nitrogen and oxygen atoms in total. The van der Waals surface area contributed by atoms with Crippen LogP contribution < -0.4 is 0 Å². The van der Waals surface area contributed by atoms with E-state index < -0.39 is 12.6 Å². The highest BCUT2D eigenvalue weighted by molar-refractivity contribution is 5.97. The first-order valence-electron chi connectivity index (χ1n) is 10.3. The Hall–Kier alpha value is -3.45. The van der Waals surface area contributed by atoms with Crippen molar-refractivity contribution in [2.75, 3.05) is 20.2 Å². The first kappa shape index (κ1) is 19.5. The molecule has 1 atom stereocenters. The largest absolute Gasteiger partial charge is 0.388 e. The van der Waals surface area contributed by atoms with Crippen molar-refractivity contribution in [3.63, 3.8) is 0 Å². The fraction of sp³-hybridized carbons (Fsp3) is 0.292. The standard InChI is InChI=1S/C24H23N3O4/c1-25-13-23(30)27-12-21-18(10-20(27)24(25)31)17-4-2-3-5-19(17)26(21)11-15-6-8-16(9-7-15)22(29)14-28/h2-9,20,28H,10-14H2,1H3. The van der Waals surface area contributed by atoms with Crippen LogP contribution in [0.25, 0.3) is 10.9 Å². The number of piperazine rings is 1. The predicted molar refractivity (Wildman–Crippen MR) is 115 cm³/mol. The van der Waals surface area contributed by atoms with Crippen LogP contribution in [-0.2, 0) is 29.1 Å². The van der Waals surface area contributed by atoms with Crippen LogP contribution in [0.4, 0.5) is 0 Å². The van der Waals surface area contributed by atoms with Crippen LogP contribution in [0.3, 0.4) is 0 Å². The van der Waals surface area contributed by atoms with Gasteiger partial charge in [0, 0.05) is 42.2 Å². The van der Waals surface area contributed by atoms with Gasteiger partial charge in [0.15, 0.2) is 5.78 Å². The average molecular weight is 417 g/mol. The summed E-state index contributed by atoms with van der Waals surface area (Å²) in [5, 5.41) is 10.2. The maximum absolute atomic E-state index is 12.7. The summed E-state index contributed by atoms with van der Waals surface area (Å²) in [4.78, 5) is 40.3. The molecule has 0 radical (unpaired) electrons. The molecule has 158 valence electrons. The van der Waals surface area contributed by atoms with Gasteiger partial charge in [-0.3, -0.25) is 14.4 Å². The average Bonchev–Trinajstić information content (AvgIpc) is 3.09. The SMILES string of the molecule is CN1CC(=O)N2Cc3c(c4ccccc4n3Cc3ccc(C(=O)CO)cc3)CC2C1=O. The van der Waals surface area contributed by atoms with Crippen molar-refractivity contribution in [2.45, 2.75) is 25.6 Å². The molecule has 3 heterocycles. The Kier molecular flexibility index (Phi) is 4.63. The summed E-state index contributed by atoms with van der Waals surface area (Å²) in [5.74, 6) is -0.340. The second-order valence-electron chi connectivity index (χ2n) is 8.24. The van der Waals surface area contributed by atoms with Gasteiger partial charge in [0.25, 0.3) is 0 Å². The van der Waals surface area contributed by atoms with Gasteiger partial charge >= 0.3 is 0 Å². The summed E-state index contributed by atoms with van der Waals surface area (Å²) in [7, 11) is 1.68. The lowest BCUT2D eigenvalue weighted by atomic mass is 9.94. The van der Waals surface area contributed by atoms with Gasteiger partial charge in [0.2, 0.25) is 11.8 Å². The third-order valence-corrected chi connectivity index (χ3v) is 6.40. The summed E-state index contributed by atoms with van der Waals surface area (Å²) in [6.45, 7) is 0.609. The number of rotatable bonds is 4. The minimum atomic E-state index is -0.506. The second kappa shape index (κ2) is 7.35. The number of aromatic nitrogens is 1. The molecule has 1 aromatic heterocycles. The fourth-order valence-electron chi connectivity index (χ4n) is 4.77. The predicted octanol–water partition coefficient (Wildman–Crippen LogP) is 1.59. The maximum Gasteiger partial charge on any atom is 0.245 e. The van der Waals surface area contributed by atoms with Gasteiger partial charge in [-0.25, -0.2) is 0 Å². The molecule has 2 aliphatic heterocycles. The first-order valence-corrected chi connectivity index (χ1v) is 10.3. The van der Waals surface area contributed by atoms with Crippen LogP contribution in [-0.4, -0.2) is 63.3 Å². The van der Waals surface area contributed by atoms with Gasteiger partial charge in [0.05, 0.1) is 13.1 Å². The lowest BCUT2D eigenvalue weighted by Gasteiger charge is -2.41. The zero-order valence-corrected chi connectivity index (χ0v) is 17.2. The molecule has 31 heavy (non-hydrogen) atoms. The molecule has 1 fully saturated rings. The quantitative estimate of drug-likeness (QED) is 0.654. The highest BCUT2D eigenvalue weighted by Crippen LogP contribution is 2.35. The van der Waals surface area contributed by atoms with E-state index in [1.165, 1.54) is 4.90 Å². The summed E-state index contributed by atoms with van der Waals surface area (Å²) in [5.41, 5.74) is 4.74. The van der Waals surface area contributed by atoms with Gasteiger partial charge in [-0.2, -0.15) is 0 Å². The van der Waals surface area contributed by atoms with Gasteiger partial charge in [-0.15, -0.1) is 0 Å². The van der Waals surface area contributed by atoms with Crippen LogP contribution in [0, 0.1) is 0 Å². The van der Waals surface area contributed by atoms with Crippen molar-refractivity contribution in [2.24, 2.45) is 0 Å². The van der Waals surface area contributed by atoms with E-state index in [1.807, 2.05) is 24.3 Å². The Labute approximate surface area is 179 Å². The van der Waals surface area contributed by atoms with Gasteiger partial charge in [0.1, 0.15) is 12.6 Å². The number of ketones is 1. The van der Waals surface area contributed by atoms with Crippen LogP contribution >= 0.6 is 0 Å². The Morgan fingerprint density at radius 2 is 1.81 bits per heavy atom. The van der Waals surface area contributed by atoms with Crippen LogP contribution in [0.5, 0.6) is 0 Å². The molecule has 3 aromatic rings. The molecule has 1 N–H and O–H groups in total. The smallest absolute Gasteiger partial charge is 0.245 e. The number of amides is 2. The Bertz CT molecular complexity index is 1210. The summed E-state index contributed by atoms with van der Waals surface area (Å²) in [6, 6.07) is 14.9. The van der Waals surface area contributed by atoms with Crippen LogP contribution in [0.2, 0.25) is 0 Å². The zero-order chi connectivity index (χ0) is 21.7. The topological polar surface area (TPSA) is 82.8 Å². The number of likely N-dealkylation sites (N-methyl/N-ethyl adjacent to an activating group) is 1. The van der Waals surface area contributed by atoms with E-state index in [9.17, 15) is 14.4 Å². The number of carbonyl (C=O) groups excluding carboxylic acids is 3. The zero-order valence-electron chi connectivity index (χ0n) is 17.2. The van der Waals surface area contributed by atoms with Crippen molar-refractivity contribution in [3.05, 3.63) is 70.9 Å². The van der Waals surface area contributed by atoms with Crippen molar-refractivity contribution >= 4 is 28.5 Å². The van der Waals surface area contributed by atoms with E-state index in [1.54, 1.807) is 24.1 Å². The number of fused-ring (bicyclic) bond motifs is 4. The maximum atomic E-state index is 12.7.